The van der Waals surface area contributed by atoms with Crippen molar-refractivity contribution in [2.24, 2.45) is 0 Å². The largest absolute Gasteiger partial charge is 0.351 e. The highest BCUT2D eigenvalue weighted by atomic mass is 15.3. The topological polar surface area (TPSA) is 33.2 Å². The predicted octanol–water partition coefficient (Wildman–Crippen LogP) is 0.858. The summed E-state index contributed by atoms with van der Waals surface area (Å²) in [5, 5.41) is 4.15. The second-order valence-electron chi connectivity index (χ2n) is 3.36. The SMILES string of the molecule is Cc1ccn2ncnc(N3CC3)c12. The summed E-state index contributed by atoms with van der Waals surface area (Å²) < 4.78 is 1.88. The van der Waals surface area contributed by atoms with E-state index in [1.807, 2.05) is 10.7 Å². The van der Waals surface area contributed by atoms with Crippen molar-refractivity contribution in [3.05, 3.63) is 24.2 Å². The fourth-order valence-corrected chi connectivity index (χ4v) is 1.58. The molecule has 0 atom stereocenters. The van der Waals surface area contributed by atoms with E-state index in [1.165, 1.54) is 5.56 Å². The zero-order valence-electron chi connectivity index (χ0n) is 7.44. The Hall–Kier alpha value is -1.58. The van der Waals surface area contributed by atoms with Gasteiger partial charge in [-0.2, -0.15) is 5.10 Å². The van der Waals surface area contributed by atoms with Crippen LogP contribution in [0.4, 0.5) is 5.82 Å². The molecule has 0 saturated carbocycles. The molecule has 0 amide bonds. The molecular formula is C9H10N4. The standard InChI is InChI=1S/C9H10N4/c1-7-2-3-13-8(7)9(10-6-11-13)12-4-5-12/h2-3,6H,4-5H2,1H3. The molecule has 1 aliphatic heterocycles. The molecule has 0 unspecified atom stereocenters. The quantitative estimate of drug-likeness (QED) is 0.601. The van der Waals surface area contributed by atoms with Crippen LogP contribution in [0.5, 0.6) is 0 Å². The van der Waals surface area contributed by atoms with Crippen LogP contribution in [0, 0.1) is 6.92 Å². The van der Waals surface area contributed by atoms with Gasteiger partial charge in [-0.05, 0) is 18.6 Å². The Morgan fingerprint density at radius 3 is 3.00 bits per heavy atom. The van der Waals surface area contributed by atoms with Gasteiger partial charge in [-0.3, -0.25) is 0 Å². The zero-order chi connectivity index (χ0) is 8.84. The Bertz CT molecular complexity index is 456. The van der Waals surface area contributed by atoms with Gasteiger partial charge in [0, 0.05) is 19.3 Å². The third-order valence-electron chi connectivity index (χ3n) is 2.38. The molecule has 66 valence electrons. The number of fused-ring (bicyclic) bond motifs is 1. The summed E-state index contributed by atoms with van der Waals surface area (Å²) in [5.74, 6) is 1.07. The molecule has 0 N–H and O–H groups in total. The highest BCUT2D eigenvalue weighted by Crippen LogP contribution is 2.25. The zero-order valence-corrected chi connectivity index (χ0v) is 7.44. The van der Waals surface area contributed by atoms with Crippen molar-refractivity contribution in [3.8, 4) is 0 Å². The molecule has 1 saturated heterocycles. The lowest BCUT2D eigenvalue weighted by Crippen LogP contribution is -2.00. The van der Waals surface area contributed by atoms with E-state index in [9.17, 15) is 0 Å². The summed E-state index contributed by atoms with van der Waals surface area (Å²) in [6, 6.07) is 2.07. The first-order valence-corrected chi connectivity index (χ1v) is 4.40. The van der Waals surface area contributed by atoms with Crippen molar-refractivity contribution in [2.75, 3.05) is 18.0 Å². The van der Waals surface area contributed by atoms with Crippen molar-refractivity contribution < 1.29 is 0 Å². The first-order chi connectivity index (χ1) is 6.36. The van der Waals surface area contributed by atoms with Gasteiger partial charge >= 0.3 is 0 Å². The maximum atomic E-state index is 4.30. The molecule has 3 heterocycles. The van der Waals surface area contributed by atoms with Gasteiger partial charge in [0.2, 0.25) is 0 Å². The van der Waals surface area contributed by atoms with Gasteiger partial charge in [0.05, 0.1) is 0 Å². The minimum absolute atomic E-state index is 1.07. The summed E-state index contributed by atoms with van der Waals surface area (Å²) in [6.45, 7) is 4.33. The normalized spacial score (nSPS) is 15.3. The minimum Gasteiger partial charge on any atom is -0.351 e. The Labute approximate surface area is 75.8 Å². The lowest BCUT2D eigenvalue weighted by molar-refractivity contribution is 0.899. The Morgan fingerprint density at radius 2 is 2.23 bits per heavy atom. The number of nitrogens with zero attached hydrogens (tertiary/aromatic N) is 4. The number of aromatic nitrogens is 3. The van der Waals surface area contributed by atoms with Gasteiger partial charge in [-0.25, -0.2) is 9.50 Å². The van der Waals surface area contributed by atoms with E-state index < -0.39 is 0 Å². The van der Waals surface area contributed by atoms with Gasteiger partial charge in [0.25, 0.3) is 0 Å². The van der Waals surface area contributed by atoms with Crippen LogP contribution in [-0.2, 0) is 0 Å². The van der Waals surface area contributed by atoms with E-state index in [0.29, 0.717) is 0 Å². The van der Waals surface area contributed by atoms with Gasteiger partial charge < -0.3 is 4.90 Å². The van der Waals surface area contributed by atoms with Crippen LogP contribution >= 0.6 is 0 Å². The molecule has 1 fully saturated rings. The number of hydrogen-bond donors (Lipinski definition) is 0. The molecule has 1 aliphatic rings. The molecule has 0 bridgehead atoms. The molecule has 0 radical (unpaired) electrons. The monoisotopic (exact) mass is 174 g/mol. The average Bonchev–Trinajstić information content (AvgIpc) is 2.92. The molecular weight excluding hydrogens is 164 g/mol. The molecule has 0 spiro atoms. The Balaban J connectivity index is 2.36. The third kappa shape index (κ3) is 0.915. The number of rotatable bonds is 1. The lowest BCUT2D eigenvalue weighted by Gasteiger charge is -2.03. The van der Waals surface area contributed by atoms with Crippen LogP contribution in [0.1, 0.15) is 5.56 Å². The van der Waals surface area contributed by atoms with Crippen molar-refractivity contribution >= 4 is 11.3 Å². The highest BCUT2D eigenvalue weighted by Gasteiger charge is 2.22. The molecule has 13 heavy (non-hydrogen) atoms. The van der Waals surface area contributed by atoms with E-state index in [1.54, 1.807) is 6.33 Å². The second kappa shape index (κ2) is 2.22. The van der Waals surface area contributed by atoms with Crippen LogP contribution in [-0.4, -0.2) is 27.7 Å². The molecule has 4 nitrogen and oxygen atoms in total. The van der Waals surface area contributed by atoms with Crippen LogP contribution < -0.4 is 4.90 Å². The first-order valence-electron chi connectivity index (χ1n) is 4.40. The van der Waals surface area contributed by atoms with Gasteiger partial charge in [-0.1, -0.05) is 0 Å². The van der Waals surface area contributed by atoms with E-state index in [-0.39, 0.29) is 0 Å². The molecule has 3 rings (SSSR count). The van der Waals surface area contributed by atoms with Crippen molar-refractivity contribution in [1.29, 1.82) is 0 Å². The summed E-state index contributed by atoms with van der Waals surface area (Å²) in [4.78, 5) is 6.54. The lowest BCUT2D eigenvalue weighted by atomic mass is 10.3. The van der Waals surface area contributed by atoms with Crippen LogP contribution in [0.25, 0.3) is 5.52 Å². The minimum atomic E-state index is 1.07. The smallest absolute Gasteiger partial charge is 0.156 e. The fourth-order valence-electron chi connectivity index (χ4n) is 1.58. The first kappa shape index (κ1) is 6.88. The molecule has 0 aromatic carbocycles. The molecule has 2 aromatic heterocycles. The molecule has 0 aliphatic carbocycles. The summed E-state index contributed by atoms with van der Waals surface area (Å²) in [7, 11) is 0. The van der Waals surface area contributed by atoms with E-state index in [2.05, 4.69) is 28.0 Å². The summed E-state index contributed by atoms with van der Waals surface area (Å²) >= 11 is 0. The molecule has 2 aromatic rings. The van der Waals surface area contributed by atoms with E-state index >= 15 is 0 Å². The van der Waals surface area contributed by atoms with E-state index in [0.717, 1.165) is 24.4 Å². The van der Waals surface area contributed by atoms with E-state index in [4.69, 9.17) is 0 Å². The van der Waals surface area contributed by atoms with Gasteiger partial charge in [0.15, 0.2) is 5.82 Å². The third-order valence-corrected chi connectivity index (χ3v) is 2.38. The number of aryl methyl sites for hydroxylation is 1. The maximum absolute atomic E-state index is 4.30. The summed E-state index contributed by atoms with van der Waals surface area (Å²) in [5.41, 5.74) is 2.38. The fraction of sp³-hybridized carbons (Fsp3) is 0.333. The van der Waals surface area contributed by atoms with Crippen molar-refractivity contribution in [1.82, 2.24) is 14.6 Å². The highest BCUT2D eigenvalue weighted by molar-refractivity contribution is 5.74. The number of anilines is 1. The second-order valence-corrected chi connectivity index (χ2v) is 3.36. The average molecular weight is 174 g/mol. The summed E-state index contributed by atoms with van der Waals surface area (Å²) in [6.07, 6.45) is 3.58. The Morgan fingerprint density at radius 1 is 1.38 bits per heavy atom. The van der Waals surface area contributed by atoms with Crippen LogP contribution in [0.2, 0.25) is 0 Å². The van der Waals surface area contributed by atoms with Crippen molar-refractivity contribution in [3.63, 3.8) is 0 Å². The van der Waals surface area contributed by atoms with Crippen molar-refractivity contribution in [2.45, 2.75) is 6.92 Å². The van der Waals surface area contributed by atoms with Gasteiger partial charge in [0.1, 0.15) is 11.8 Å². The van der Waals surface area contributed by atoms with Crippen LogP contribution in [0.3, 0.4) is 0 Å². The maximum Gasteiger partial charge on any atom is 0.156 e. The predicted molar refractivity (Wildman–Crippen MR) is 49.9 cm³/mol. The van der Waals surface area contributed by atoms with Crippen LogP contribution in [0.15, 0.2) is 18.6 Å². The molecule has 4 heteroatoms. The Kier molecular flexibility index (Phi) is 1.17. The van der Waals surface area contributed by atoms with Gasteiger partial charge in [-0.15, -0.1) is 0 Å². The number of hydrogen-bond acceptors (Lipinski definition) is 3.